The Bertz CT molecular complexity index is 661. The van der Waals surface area contributed by atoms with Crippen LogP contribution in [0.25, 0.3) is 0 Å². The van der Waals surface area contributed by atoms with Crippen molar-refractivity contribution in [2.45, 2.75) is 18.8 Å². The zero-order chi connectivity index (χ0) is 13.5. The van der Waals surface area contributed by atoms with Crippen LogP contribution in [-0.2, 0) is 0 Å². The number of carbonyl (C=O) groups is 1. The van der Waals surface area contributed by atoms with E-state index < -0.39 is 0 Å². The van der Waals surface area contributed by atoms with Crippen molar-refractivity contribution in [2.24, 2.45) is 0 Å². The molecule has 5 nitrogen and oxygen atoms in total. The van der Waals surface area contributed by atoms with Gasteiger partial charge in [-0.05, 0) is 25.0 Å². The minimum Gasteiger partial charge on any atom is -0.490 e. The Morgan fingerprint density at radius 1 is 1.30 bits per heavy atom. The van der Waals surface area contributed by atoms with Gasteiger partial charge in [-0.1, -0.05) is 17.3 Å². The average molecular weight is 270 g/mol. The Morgan fingerprint density at radius 2 is 2.15 bits per heavy atom. The number of nitrogens with zero attached hydrogens (tertiary/aromatic N) is 2. The molecule has 0 radical (unpaired) electrons. The average Bonchev–Trinajstić information content (AvgIpc) is 3.23. The summed E-state index contributed by atoms with van der Waals surface area (Å²) in [7, 11) is 0. The summed E-state index contributed by atoms with van der Waals surface area (Å²) in [6.07, 6.45) is 2.26. The molecule has 0 unspecified atom stereocenters. The monoisotopic (exact) mass is 270 g/mol. The zero-order valence-electron chi connectivity index (χ0n) is 10.9. The van der Waals surface area contributed by atoms with E-state index in [2.05, 4.69) is 5.16 Å². The normalized spacial score (nSPS) is 17.5. The molecular weight excluding hydrogens is 256 g/mol. The lowest BCUT2D eigenvalue weighted by Crippen LogP contribution is -2.38. The van der Waals surface area contributed by atoms with Crippen LogP contribution in [0.5, 0.6) is 5.75 Å². The lowest BCUT2D eigenvalue weighted by atomic mass is 10.2. The summed E-state index contributed by atoms with van der Waals surface area (Å²) in [4.78, 5) is 14.3. The zero-order valence-corrected chi connectivity index (χ0v) is 10.9. The number of carbonyl (C=O) groups excluding carboxylic acids is 1. The van der Waals surface area contributed by atoms with E-state index in [1.54, 1.807) is 11.0 Å². The first-order valence-electron chi connectivity index (χ1n) is 6.83. The first kappa shape index (κ1) is 11.5. The molecule has 1 aliphatic heterocycles. The largest absolute Gasteiger partial charge is 0.490 e. The van der Waals surface area contributed by atoms with Crippen LogP contribution in [0, 0.1) is 0 Å². The van der Waals surface area contributed by atoms with Gasteiger partial charge in [-0.25, -0.2) is 0 Å². The third kappa shape index (κ3) is 1.86. The van der Waals surface area contributed by atoms with Crippen molar-refractivity contribution in [1.29, 1.82) is 0 Å². The number of ether oxygens (including phenoxy) is 1. The van der Waals surface area contributed by atoms with Crippen molar-refractivity contribution in [1.82, 2.24) is 5.16 Å². The van der Waals surface area contributed by atoms with Gasteiger partial charge in [-0.15, -0.1) is 0 Å². The predicted octanol–water partition coefficient (Wildman–Crippen LogP) is 2.59. The smallest absolute Gasteiger partial charge is 0.280 e. The Balaban J connectivity index is 1.65. The number of aromatic nitrogens is 1. The van der Waals surface area contributed by atoms with Crippen LogP contribution in [0.4, 0.5) is 5.69 Å². The second-order valence-electron chi connectivity index (χ2n) is 5.16. The van der Waals surface area contributed by atoms with Gasteiger partial charge in [0.05, 0.1) is 12.2 Å². The molecule has 1 aromatic carbocycles. The number of rotatable bonds is 2. The summed E-state index contributed by atoms with van der Waals surface area (Å²) in [6.45, 7) is 1.03. The van der Waals surface area contributed by atoms with Crippen molar-refractivity contribution in [3.05, 3.63) is 41.8 Å². The number of fused-ring (bicyclic) bond motifs is 1. The molecule has 0 spiro atoms. The van der Waals surface area contributed by atoms with Crippen LogP contribution in [0.2, 0.25) is 0 Å². The third-order valence-corrected chi connectivity index (χ3v) is 3.70. The molecule has 102 valence electrons. The maximum atomic E-state index is 12.6. The van der Waals surface area contributed by atoms with Gasteiger partial charge in [0, 0.05) is 12.0 Å². The first-order valence-corrected chi connectivity index (χ1v) is 6.83. The molecule has 0 atom stereocenters. The minimum absolute atomic E-state index is 0.128. The molecule has 5 heteroatoms. The highest BCUT2D eigenvalue weighted by Crippen LogP contribution is 2.40. The lowest BCUT2D eigenvalue weighted by Gasteiger charge is -2.28. The number of anilines is 1. The molecule has 1 aliphatic carbocycles. The van der Waals surface area contributed by atoms with Gasteiger partial charge in [0.2, 0.25) is 0 Å². The van der Waals surface area contributed by atoms with Crippen molar-refractivity contribution < 1.29 is 14.1 Å². The number of para-hydroxylation sites is 2. The molecule has 1 amide bonds. The minimum atomic E-state index is -0.128. The summed E-state index contributed by atoms with van der Waals surface area (Å²) in [6, 6.07) is 9.32. The van der Waals surface area contributed by atoms with E-state index in [0.717, 1.165) is 30.0 Å². The molecule has 1 saturated carbocycles. The van der Waals surface area contributed by atoms with E-state index in [1.165, 1.54) is 0 Å². The molecule has 2 aliphatic rings. The van der Waals surface area contributed by atoms with E-state index >= 15 is 0 Å². The molecule has 0 saturated heterocycles. The topological polar surface area (TPSA) is 55.6 Å². The predicted molar refractivity (Wildman–Crippen MR) is 72.1 cm³/mol. The van der Waals surface area contributed by atoms with Crippen LogP contribution >= 0.6 is 0 Å². The fourth-order valence-corrected chi connectivity index (χ4v) is 2.47. The quantitative estimate of drug-likeness (QED) is 0.841. The summed E-state index contributed by atoms with van der Waals surface area (Å²) in [5.41, 5.74) is 1.17. The summed E-state index contributed by atoms with van der Waals surface area (Å²) in [5.74, 6) is 1.89. The maximum absolute atomic E-state index is 12.6. The SMILES string of the molecule is O=C(c1cc(C2CC2)on1)N1CCOc2ccccc21. The number of hydrogen-bond donors (Lipinski definition) is 0. The van der Waals surface area contributed by atoms with Crippen molar-refractivity contribution >= 4 is 11.6 Å². The van der Waals surface area contributed by atoms with Crippen LogP contribution in [-0.4, -0.2) is 24.2 Å². The van der Waals surface area contributed by atoms with Crippen LogP contribution < -0.4 is 9.64 Å². The van der Waals surface area contributed by atoms with Crippen molar-refractivity contribution in [3.63, 3.8) is 0 Å². The van der Waals surface area contributed by atoms with Gasteiger partial charge >= 0.3 is 0 Å². The van der Waals surface area contributed by atoms with Gasteiger partial charge in [0.1, 0.15) is 18.1 Å². The maximum Gasteiger partial charge on any atom is 0.280 e. The molecule has 20 heavy (non-hydrogen) atoms. The number of benzene rings is 1. The lowest BCUT2D eigenvalue weighted by molar-refractivity contribution is 0.0967. The van der Waals surface area contributed by atoms with Crippen LogP contribution in [0.1, 0.15) is 35.0 Å². The van der Waals surface area contributed by atoms with Crippen molar-refractivity contribution in [3.8, 4) is 5.75 Å². The summed E-state index contributed by atoms with van der Waals surface area (Å²) >= 11 is 0. The molecule has 4 rings (SSSR count). The molecule has 1 aromatic heterocycles. The third-order valence-electron chi connectivity index (χ3n) is 3.70. The first-order chi connectivity index (χ1) is 9.83. The molecule has 2 heterocycles. The fourth-order valence-electron chi connectivity index (χ4n) is 2.47. The van der Waals surface area contributed by atoms with Crippen LogP contribution in [0.15, 0.2) is 34.9 Å². The molecule has 0 bridgehead atoms. The number of amides is 1. The Kier molecular flexibility index (Phi) is 2.52. The standard InChI is InChI=1S/C15H14N2O3/c18-15(11-9-14(20-16-11)10-5-6-10)17-7-8-19-13-4-2-1-3-12(13)17/h1-4,9-10H,5-8H2. The molecule has 0 N–H and O–H groups in total. The van der Waals surface area contributed by atoms with Gasteiger partial charge in [-0.3, -0.25) is 9.69 Å². The van der Waals surface area contributed by atoms with Gasteiger partial charge in [0.15, 0.2) is 5.69 Å². The highest BCUT2D eigenvalue weighted by Gasteiger charge is 2.31. The van der Waals surface area contributed by atoms with Gasteiger partial charge in [-0.2, -0.15) is 0 Å². The van der Waals surface area contributed by atoms with E-state index in [-0.39, 0.29) is 5.91 Å². The van der Waals surface area contributed by atoms with E-state index in [9.17, 15) is 4.79 Å². The second-order valence-corrected chi connectivity index (χ2v) is 5.16. The molecular formula is C15H14N2O3. The Labute approximate surface area is 116 Å². The summed E-state index contributed by atoms with van der Waals surface area (Å²) < 4.78 is 10.8. The fraction of sp³-hybridized carbons (Fsp3) is 0.333. The van der Waals surface area contributed by atoms with Crippen LogP contribution in [0.3, 0.4) is 0 Å². The second kappa shape index (κ2) is 4.37. The van der Waals surface area contributed by atoms with Gasteiger partial charge in [0.25, 0.3) is 5.91 Å². The van der Waals surface area contributed by atoms with E-state index in [4.69, 9.17) is 9.26 Å². The highest BCUT2D eigenvalue weighted by atomic mass is 16.5. The molecule has 2 aromatic rings. The van der Waals surface area contributed by atoms with Crippen molar-refractivity contribution in [2.75, 3.05) is 18.1 Å². The van der Waals surface area contributed by atoms with Gasteiger partial charge < -0.3 is 9.26 Å². The summed E-state index contributed by atoms with van der Waals surface area (Å²) in [5, 5.41) is 3.92. The van der Waals surface area contributed by atoms with E-state index in [1.807, 2.05) is 24.3 Å². The Hall–Kier alpha value is -2.30. The Morgan fingerprint density at radius 3 is 3.00 bits per heavy atom. The highest BCUT2D eigenvalue weighted by molar-refractivity contribution is 6.05. The van der Waals surface area contributed by atoms with E-state index in [0.29, 0.717) is 24.8 Å². The molecule has 1 fully saturated rings. The number of hydrogen-bond acceptors (Lipinski definition) is 4.